The molecular weight excluding hydrogens is 172 g/mol. The highest BCUT2D eigenvalue weighted by Crippen LogP contribution is 2.21. The van der Waals surface area contributed by atoms with Gasteiger partial charge in [0.25, 0.3) is 0 Å². The van der Waals surface area contributed by atoms with Crippen molar-refractivity contribution in [3.8, 4) is 0 Å². The van der Waals surface area contributed by atoms with E-state index in [0.717, 1.165) is 18.5 Å². The molecule has 2 nitrogen and oxygen atoms in total. The van der Waals surface area contributed by atoms with Crippen LogP contribution < -0.4 is 5.73 Å². The van der Waals surface area contributed by atoms with E-state index in [-0.39, 0.29) is 6.04 Å². The molecule has 0 unspecified atom stereocenters. The monoisotopic (exact) mass is 184 g/mol. The molecule has 1 atom stereocenters. The largest absolute Gasteiger partial charge is 0.323 e. The molecule has 0 aliphatic carbocycles. The fourth-order valence-electron chi connectivity index (χ4n) is 1.12. The summed E-state index contributed by atoms with van der Waals surface area (Å²) in [6.07, 6.45) is 3.70. The molecule has 12 heavy (non-hydrogen) atoms. The Labute approximate surface area is 77.8 Å². The molecule has 1 heterocycles. The molecule has 0 radical (unpaired) electrons. The van der Waals surface area contributed by atoms with Crippen LogP contribution in [0.1, 0.15) is 31.5 Å². The lowest BCUT2D eigenvalue weighted by Gasteiger charge is -2.10. The predicted molar refractivity (Wildman–Crippen MR) is 51.1 cm³/mol. The van der Waals surface area contributed by atoms with Gasteiger partial charge in [-0.25, -0.2) is 0 Å². The summed E-state index contributed by atoms with van der Waals surface area (Å²) in [5.41, 5.74) is 6.67. The maximum atomic E-state index is 5.91. The van der Waals surface area contributed by atoms with Gasteiger partial charge in [-0.15, -0.1) is 0 Å². The Hall–Kier alpha value is -0.600. The minimum atomic E-state index is -0.0244. The smallest absolute Gasteiger partial charge is 0.0756 e. The third-order valence-corrected chi connectivity index (χ3v) is 2.06. The molecule has 1 rings (SSSR count). The summed E-state index contributed by atoms with van der Waals surface area (Å²) < 4.78 is 0. The number of rotatable bonds is 3. The first-order valence-corrected chi connectivity index (χ1v) is 4.49. The Bertz CT molecular complexity index is 250. The van der Waals surface area contributed by atoms with Gasteiger partial charge in [0.1, 0.15) is 0 Å². The highest BCUT2D eigenvalue weighted by atomic mass is 35.5. The van der Waals surface area contributed by atoms with Crippen molar-refractivity contribution < 1.29 is 0 Å². The first-order chi connectivity index (χ1) is 5.75. The van der Waals surface area contributed by atoms with Crippen LogP contribution in [0.15, 0.2) is 18.3 Å². The van der Waals surface area contributed by atoms with E-state index in [1.54, 1.807) is 6.20 Å². The van der Waals surface area contributed by atoms with Crippen LogP contribution in [0.4, 0.5) is 0 Å². The van der Waals surface area contributed by atoms with Crippen molar-refractivity contribution in [3.63, 3.8) is 0 Å². The molecule has 1 aromatic rings. The van der Waals surface area contributed by atoms with Crippen LogP contribution in [0, 0.1) is 0 Å². The Kier molecular flexibility index (Phi) is 3.50. The summed E-state index contributed by atoms with van der Waals surface area (Å²) in [5, 5.41) is 0.665. The molecule has 0 aromatic carbocycles. The van der Waals surface area contributed by atoms with E-state index < -0.39 is 0 Å². The van der Waals surface area contributed by atoms with Crippen LogP contribution in [0.5, 0.6) is 0 Å². The summed E-state index contributed by atoms with van der Waals surface area (Å²) in [7, 11) is 0. The molecular formula is C9H13ClN2. The number of hydrogen-bond donors (Lipinski definition) is 1. The number of nitrogens with two attached hydrogens (primary N) is 1. The zero-order chi connectivity index (χ0) is 8.97. The van der Waals surface area contributed by atoms with Crippen molar-refractivity contribution in [1.82, 2.24) is 4.98 Å². The van der Waals surface area contributed by atoms with Crippen molar-refractivity contribution in [1.29, 1.82) is 0 Å². The molecule has 1 aromatic heterocycles. The molecule has 0 saturated carbocycles. The fraction of sp³-hybridized carbons (Fsp3) is 0.444. The molecule has 0 spiro atoms. The van der Waals surface area contributed by atoms with E-state index in [9.17, 15) is 0 Å². The zero-order valence-corrected chi connectivity index (χ0v) is 7.88. The van der Waals surface area contributed by atoms with Gasteiger partial charge in [0.2, 0.25) is 0 Å². The number of pyridine rings is 1. The predicted octanol–water partition coefficient (Wildman–Crippen LogP) is 2.53. The molecule has 0 bridgehead atoms. The van der Waals surface area contributed by atoms with E-state index in [2.05, 4.69) is 11.9 Å². The van der Waals surface area contributed by atoms with Gasteiger partial charge in [-0.2, -0.15) is 0 Å². The molecule has 66 valence electrons. The highest BCUT2D eigenvalue weighted by molar-refractivity contribution is 6.31. The number of nitrogens with zero attached hydrogens (tertiary/aromatic N) is 1. The lowest BCUT2D eigenvalue weighted by molar-refractivity contribution is 0.622. The number of aromatic nitrogens is 1. The molecule has 2 N–H and O–H groups in total. The van der Waals surface area contributed by atoms with Crippen molar-refractivity contribution >= 4 is 11.6 Å². The quantitative estimate of drug-likeness (QED) is 0.784. The van der Waals surface area contributed by atoms with Crippen molar-refractivity contribution in [2.75, 3.05) is 0 Å². The minimum Gasteiger partial charge on any atom is -0.323 e. The van der Waals surface area contributed by atoms with Crippen LogP contribution in [-0.2, 0) is 0 Å². The Balaban J connectivity index is 2.79. The van der Waals surface area contributed by atoms with Gasteiger partial charge in [0.15, 0.2) is 0 Å². The molecule has 3 heteroatoms. The summed E-state index contributed by atoms with van der Waals surface area (Å²) in [5.74, 6) is 0. The van der Waals surface area contributed by atoms with Gasteiger partial charge in [0.05, 0.1) is 10.7 Å². The molecule has 0 fully saturated rings. The fourth-order valence-corrected chi connectivity index (χ4v) is 1.38. The van der Waals surface area contributed by atoms with Gasteiger partial charge >= 0.3 is 0 Å². The molecule has 0 saturated heterocycles. The van der Waals surface area contributed by atoms with Gasteiger partial charge in [-0.1, -0.05) is 24.9 Å². The maximum absolute atomic E-state index is 5.91. The summed E-state index contributed by atoms with van der Waals surface area (Å²) >= 11 is 5.91. The summed E-state index contributed by atoms with van der Waals surface area (Å²) in [6.45, 7) is 2.09. The lowest BCUT2D eigenvalue weighted by atomic mass is 10.1. The van der Waals surface area contributed by atoms with Crippen LogP contribution in [-0.4, -0.2) is 4.98 Å². The van der Waals surface area contributed by atoms with E-state index >= 15 is 0 Å². The van der Waals surface area contributed by atoms with Gasteiger partial charge in [-0.05, 0) is 18.6 Å². The molecule has 0 aliphatic rings. The highest BCUT2D eigenvalue weighted by Gasteiger charge is 2.09. The number of halogens is 1. The second-order valence-electron chi connectivity index (χ2n) is 2.77. The van der Waals surface area contributed by atoms with Gasteiger partial charge in [0, 0.05) is 12.2 Å². The maximum Gasteiger partial charge on any atom is 0.0756 e. The second kappa shape index (κ2) is 4.43. The van der Waals surface area contributed by atoms with Gasteiger partial charge < -0.3 is 5.73 Å². The van der Waals surface area contributed by atoms with E-state index in [0.29, 0.717) is 5.02 Å². The summed E-state index contributed by atoms with van der Waals surface area (Å²) in [4.78, 5) is 4.14. The van der Waals surface area contributed by atoms with E-state index in [1.807, 2.05) is 12.1 Å². The van der Waals surface area contributed by atoms with E-state index in [4.69, 9.17) is 17.3 Å². The average molecular weight is 185 g/mol. The molecule has 0 aliphatic heterocycles. The lowest BCUT2D eigenvalue weighted by Crippen LogP contribution is -2.11. The Morgan fingerprint density at radius 1 is 1.67 bits per heavy atom. The first-order valence-electron chi connectivity index (χ1n) is 4.11. The van der Waals surface area contributed by atoms with E-state index in [1.165, 1.54) is 0 Å². The normalized spacial score (nSPS) is 12.9. The summed E-state index contributed by atoms with van der Waals surface area (Å²) in [6, 6.07) is 3.60. The zero-order valence-electron chi connectivity index (χ0n) is 7.13. The van der Waals surface area contributed by atoms with Crippen LogP contribution in [0.25, 0.3) is 0 Å². The third kappa shape index (κ3) is 2.19. The second-order valence-corrected chi connectivity index (χ2v) is 3.17. The first kappa shape index (κ1) is 9.49. The third-order valence-electron chi connectivity index (χ3n) is 1.74. The van der Waals surface area contributed by atoms with Crippen LogP contribution >= 0.6 is 11.6 Å². The SMILES string of the molecule is CCC[C@@H](N)c1ncccc1Cl. The standard InChI is InChI=1S/C9H13ClN2/c1-2-4-8(11)9-7(10)5-3-6-12-9/h3,5-6,8H,2,4,11H2,1H3/t8-/m1/s1. The van der Waals surface area contributed by atoms with Crippen LogP contribution in [0.2, 0.25) is 5.02 Å². The van der Waals surface area contributed by atoms with Crippen molar-refractivity contribution in [2.24, 2.45) is 5.73 Å². The number of hydrogen-bond acceptors (Lipinski definition) is 2. The van der Waals surface area contributed by atoms with Crippen LogP contribution in [0.3, 0.4) is 0 Å². The Morgan fingerprint density at radius 3 is 3.00 bits per heavy atom. The average Bonchev–Trinajstić information content (AvgIpc) is 2.05. The van der Waals surface area contributed by atoms with Crippen molar-refractivity contribution in [3.05, 3.63) is 29.0 Å². The molecule has 0 amide bonds. The minimum absolute atomic E-state index is 0.0244. The van der Waals surface area contributed by atoms with Gasteiger partial charge in [-0.3, -0.25) is 4.98 Å². The van der Waals surface area contributed by atoms with Crippen molar-refractivity contribution in [2.45, 2.75) is 25.8 Å². The Morgan fingerprint density at radius 2 is 2.42 bits per heavy atom. The topological polar surface area (TPSA) is 38.9 Å².